The number of nitrogens with zero attached hydrogens (tertiary/aromatic N) is 1. The summed E-state index contributed by atoms with van der Waals surface area (Å²) in [5.41, 5.74) is 2.00. The highest BCUT2D eigenvalue weighted by molar-refractivity contribution is 5.66. The van der Waals surface area contributed by atoms with Gasteiger partial charge in [-0.3, -0.25) is 0 Å². The minimum absolute atomic E-state index is 0.638. The summed E-state index contributed by atoms with van der Waals surface area (Å²) < 4.78 is 37.8. The molecule has 4 heteroatoms. The van der Waals surface area contributed by atoms with Crippen molar-refractivity contribution in [3.63, 3.8) is 0 Å². The lowest BCUT2D eigenvalue weighted by Crippen LogP contribution is -2.22. The van der Waals surface area contributed by atoms with Crippen LogP contribution in [0.2, 0.25) is 0 Å². The summed E-state index contributed by atoms with van der Waals surface area (Å²) in [5, 5.41) is 0. The van der Waals surface area contributed by atoms with Crippen LogP contribution in [0, 0.1) is 0 Å². The molecule has 0 aliphatic carbocycles. The molecular formula is C19H18F3N. The third-order valence-electron chi connectivity index (χ3n) is 3.48. The van der Waals surface area contributed by atoms with Crippen LogP contribution in [0.1, 0.15) is 5.56 Å². The maximum absolute atomic E-state index is 12.6. The van der Waals surface area contributed by atoms with Crippen LogP contribution in [0.4, 0.5) is 18.9 Å². The molecule has 120 valence electrons. The molecule has 0 aromatic heterocycles. The van der Waals surface area contributed by atoms with Crippen LogP contribution < -0.4 is 4.90 Å². The zero-order valence-corrected chi connectivity index (χ0v) is 12.7. The largest absolute Gasteiger partial charge is 0.416 e. The van der Waals surface area contributed by atoms with E-state index in [4.69, 9.17) is 0 Å². The van der Waals surface area contributed by atoms with Gasteiger partial charge in [-0.25, -0.2) is 0 Å². The van der Waals surface area contributed by atoms with Gasteiger partial charge in [0, 0.05) is 18.8 Å². The molecule has 0 N–H and O–H groups in total. The van der Waals surface area contributed by atoms with Gasteiger partial charge in [0.2, 0.25) is 0 Å². The normalized spacial score (nSPS) is 11.1. The first-order valence-corrected chi connectivity index (χ1v) is 7.20. The molecule has 0 bridgehead atoms. The number of hydrogen-bond donors (Lipinski definition) is 0. The zero-order chi connectivity index (χ0) is 16.9. The molecular weight excluding hydrogens is 299 g/mol. The van der Waals surface area contributed by atoms with Crippen LogP contribution in [-0.4, -0.2) is 13.1 Å². The Morgan fingerprint density at radius 2 is 1.22 bits per heavy atom. The quantitative estimate of drug-likeness (QED) is 0.631. The molecule has 0 spiro atoms. The van der Waals surface area contributed by atoms with Crippen LogP contribution in [-0.2, 0) is 6.18 Å². The van der Waals surface area contributed by atoms with Crippen LogP contribution in [0.15, 0.2) is 73.8 Å². The van der Waals surface area contributed by atoms with Crippen LogP contribution >= 0.6 is 0 Å². The molecule has 1 nitrogen and oxygen atoms in total. The Kier molecular flexibility index (Phi) is 5.27. The van der Waals surface area contributed by atoms with Crippen LogP contribution in [0.5, 0.6) is 0 Å². The molecule has 0 aliphatic rings. The lowest BCUT2D eigenvalue weighted by Gasteiger charge is -2.21. The molecule has 0 heterocycles. The fourth-order valence-electron chi connectivity index (χ4n) is 2.31. The number of alkyl halides is 3. The van der Waals surface area contributed by atoms with E-state index in [0.29, 0.717) is 13.1 Å². The molecule has 0 saturated carbocycles. The van der Waals surface area contributed by atoms with Crippen molar-refractivity contribution in [2.24, 2.45) is 0 Å². The van der Waals surface area contributed by atoms with E-state index in [1.54, 1.807) is 0 Å². The Bertz CT molecular complexity index is 645. The van der Waals surface area contributed by atoms with Gasteiger partial charge >= 0.3 is 6.18 Å². The van der Waals surface area contributed by atoms with Gasteiger partial charge in [0.1, 0.15) is 0 Å². The second-order valence-electron chi connectivity index (χ2n) is 5.10. The average Bonchev–Trinajstić information content (AvgIpc) is 2.54. The monoisotopic (exact) mass is 317 g/mol. The molecule has 2 rings (SSSR count). The molecule has 0 unspecified atom stereocenters. The van der Waals surface area contributed by atoms with Crippen LogP contribution in [0.3, 0.4) is 0 Å². The second-order valence-corrected chi connectivity index (χ2v) is 5.10. The molecule has 0 amide bonds. The lowest BCUT2D eigenvalue weighted by molar-refractivity contribution is -0.137. The summed E-state index contributed by atoms with van der Waals surface area (Å²) >= 11 is 0. The molecule has 0 atom stereocenters. The fourth-order valence-corrected chi connectivity index (χ4v) is 2.31. The SMILES string of the molecule is C=CCN(CC=C)c1ccc(-c2ccc(C(F)(F)F)cc2)cc1. The van der Waals surface area contributed by atoms with Gasteiger partial charge in [0.15, 0.2) is 0 Å². The number of hydrogen-bond acceptors (Lipinski definition) is 1. The summed E-state index contributed by atoms with van der Waals surface area (Å²) in [7, 11) is 0. The maximum Gasteiger partial charge on any atom is 0.416 e. The van der Waals surface area contributed by atoms with E-state index in [0.717, 1.165) is 28.9 Å². The molecule has 0 radical (unpaired) electrons. The van der Waals surface area contributed by atoms with Gasteiger partial charge in [-0.1, -0.05) is 36.4 Å². The molecule has 2 aromatic carbocycles. The van der Waals surface area contributed by atoms with Crippen molar-refractivity contribution in [1.82, 2.24) is 0 Å². The smallest absolute Gasteiger partial charge is 0.364 e. The predicted octanol–water partition coefficient (Wildman–Crippen LogP) is 5.55. The van der Waals surface area contributed by atoms with Gasteiger partial charge in [-0.05, 0) is 35.4 Å². The van der Waals surface area contributed by atoms with E-state index in [-0.39, 0.29) is 0 Å². The Morgan fingerprint density at radius 3 is 1.61 bits per heavy atom. The van der Waals surface area contributed by atoms with E-state index < -0.39 is 11.7 Å². The third-order valence-corrected chi connectivity index (χ3v) is 3.48. The van der Waals surface area contributed by atoms with Crippen molar-refractivity contribution in [3.05, 3.63) is 79.4 Å². The first-order chi connectivity index (χ1) is 11.0. The molecule has 0 fully saturated rings. The van der Waals surface area contributed by atoms with Gasteiger partial charge in [0.05, 0.1) is 5.56 Å². The highest BCUT2D eigenvalue weighted by Crippen LogP contribution is 2.31. The summed E-state index contributed by atoms with van der Waals surface area (Å²) in [4.78, 5) is 2.09. The molecule has 0 saturated heterocycles. The number of anilines is 1. The Hall–Kier alpha value is -2.49. The summed E-state index contributed by atoms with van der Waals surface area (Å²) in [6.45, 7) is 8.87. The first-order valence-electron chi connectivity index (χ1n) is 7.20. The lowest BCUT2D eigenvalue weighted by atomic mass is 10.0. The number of halogens is 3. The van der Waals surface area contributed by atoms with Gasteiger partial charge < -0.3 is 4.90 Å². The van der Waals surface area contributed by atoms with Crippen molar-refractivity contribution in [1.29, 1.82) is 0 Å². The maximum atomic E-state index is 12.6. The fraction of sp³-hybridized carbons (Fsp3) is 0.158. The van der Waals surface area contributed by atoms with Crippen LogP contribution in [0.25, 0.3) is 11.1 Å². The average molecular weight is 317 g/mol. The van der Waals surface area contributed by atoms with E-state index in [1.807, 2.05) is 36.4 Å². The van der Waals surface area contributed by atoms with Crippen molar-refractivity contribution < 1.29 is 13.2 Å². The van der Waals surface area contributed by atoms with Gasteiger partial charge in [-0.15, -0.1) is 13.2 Å². The van der Waals surface area contributed by atoms with E-state index in [1.165, 1.54) is 12.1 Å². The Labute approximate surface area is 134 Å². The standard InChI is InChI=1S/C19H18F3N/c1-3-13-23(14-4-2)18-11-7-16(8-12-18)15-5-9-17(10-6-15)19(20,21)22/h3-12H,1-2,13-14H2. The van der Waals surface area contributed by atoms with E-state index in [2.05, 4.69) is 18.1 Å². The Balaban J connectivity index is 2.21. The number of benzene rings is 2. The van der Waals surface area contributed by atoms with Crippen molar-refractivity contribution in [2.45, 2.75) is 6.18 Å². The highest BCUT2D eigenvalue weighted by atomic mass is 19.4. The first kappa shape index (κ1) is 16.9. The predicted molar refractivity (Wildman–Crippen MR) is 89.5 cm³/mol. The summed E-state index contributed by atoms with van der Waals surface area (Å²) in [6, 6.07) is 12.9. The third kappa shape index (κ3) is 4.25. The highest BCUT2D eigenvalue weighted by Gasteiger charge is 2.29. The van der Waals surface area contributed by atoms with Crippen molar-refractivity contribution >= 4 is 5.69 Å². The number of rotatable bonds is 6. The topological polar surface area (TPSA) is 3.24 Å². The van der Waals surface area contributed by atoms with E-state index >= 15 is 0 Å². The zero-order valence-electron chi connectivity index (χ0n) is 12.7. The van der Waals surface area contributed by atoms with Crippen molar-refractivity contribution in [3.8, 4) is 11.1 Å². The minimum Gasteiger partial charge on any atom is -0.364 e. The second kappa shape index (κ2) is 7.18. The van der Waals surface area contributed by atoms with Gasteiger partial charge in [-0.2, -0.15) is 13.2 Å². The molecule has 23 heavy (non-hydrogen) atoms. The van der Waals surface area contributed by atoms with E-state index in [9.17, 15) is 13.2 Å². The summed E-state index contributed by atoms with van der Waals surface area (Å²) in [6.07, 6.45) is -0.682. The Morgan fingerprint density at radius 1 is 0.783 bits per heavy atom. The van der Waals surface area contributed by atoms with Crippen molar-refractivity contribution in [2.75, 3.05) is 18.0 Å². The molecule has 0 aliphatic heterocycles. The van der Waals surface area contributed by atoms with Gasteiger partial charge in [0.25, 0.3) is 0 Å². The summed E-state index contributed by atoms with van der Waals surface area (Å²) in [5.74, 6) is 0. The molecule has 2 aromatic rings. The minimum atomic E-state index is -4.31.